The minimum absolute atomic E-state index is 0.615. The van der Waals surface area contributed by atoms with Gasteiger partial charge in [0, 0.05) is 21.3 Å². The maximum Gasteiger partial charge on any atom is 0.101 e. The minimum Gasteiger partial charge on any atom is -0.379 e. The highest BCUT2D eigenvalue weighted by Crippen LogP contribution is 2.24. The molecule has 0 saturated carbocycles. The lowest BCUT2D eigenvalue weighted by Crippen LogP contribution is -1.99. The third-order valence-electron chi connectivity index (χ3n) is 2.77. The highest BCUT2D eigenvalue weighted by molar-refractivity contribution is 7.12. The van der Waals surface area contributed by atoms with Crippen molar-refractivity contribution in [3.05, 3.63) is 50.2 Å². The molecule has 0 atom stereocenters. The first-order valence-corrected chi connectivity index (χ1v) is 6.79. The van der Waals surface area contributed by atoms with Crippen LogP contribution in [0.3, 0.4) is 0 Å². The third-order valence-corrected chi connectivity index (χ3v) is 4.16. The molecule has 4 heteroatoms. The van der Waals surface area contributed by atoms with Crippen molar-refractivity contribution in [2.75, 3.05) is 5.32 Å². The van der Waals surface area contributed by atoms with E-state index in [2.05, 4.69) is 31.3 Å². The molecule has 1 heterocycles. The Morgan fingerprint density at radius 2 is 2.11 bits per heavy atom. The Hall–Kier alpha value is -1.50. The van der Waals surface area contributed by atoms with E-state index in [1.807, 2.05) is 0 Å². The van der Waals surface area contributed by atoms with Crippen LogP contribution in [0.2, 0.25) is 5.02 Å². The van der Waals surface area contributed by atoms with Gasteiger partial charge < -0.3 is 5.32 Å². The number of nitrogens with one attached hydrogen (secondary N) is 1. The zero-order valence-electron chi connectivity index (χ0n) is 10.2. The zero-order chi connectivity index (χ0) is 13.1. The van der Waals surface area contributed by atoms with E-state index in [-0.39, 0.29) is 0 Å². The van der Waals surface area contributed by atoms with Gasteiger partial charge in [-0.15, -0.1) is 11.3 Å². The molecule has 0 saturated heterocycles. The van der Waals surface area contributed by atoms with Crippen LogP contribution >= 0.6 is 22.9 Å². The SMILES string of the molecule is Cc1cc(CNc2cc(Cl)ccc2C#N)sc1C. The first kappa shape index (κ1) is 12.9. The number of nitrogens with zero attached hydrogens (tertiary/aromatic N) is 1. The summed E-state index contributed by atoms with van der Waals surface area (Å²) in [6.45, 7) is 4.94. The Labute approximate surface area is 116 Å². The van der Waals surface area contributed by atoms with E-state index in [1.165, 1.54) is 15.3 Å². The second kappa shape index (κ2) is 5.43. The molecule has 0 radical (unpaired) electrons. The number of benzene rings is 1. The molecule has 0 bridgehead atoms. The molecule has 1 aromatic carbocycles. The molecule has 0 aliphatic carbocycles. The van der Waals surface area contributed by atoms with Crippen LogP contribution in [0.4, 0.5) is 5.69 Å². The predicted molar refractivity (Wildman–Crippen MR) is 77.3 cm³/mol. The van der Waals surface area contributed by atoms with E-state index in [4.69, 9.17) is 16.9 Å². The monoisotopic (exact) mass is 276 g/mol. The molecule has 1 aromatic heterocycles. The lowest BCUT2D eigenvalue weighted by Gasteiger charge is -2.07. The highest BCUT2D eigenvalue weighted by Gasteiger charge is 2.05. The van der Waals surface area contributed by atoms with Crippen LogP contribution in [0.5, 0.6) is 0 Å². The van der Waals surface area contributed by atoms with Gasteiger partial charge in [-0.05, 0) is 43.7 Å². The molecule has 0 spiro atoms. The molecular weight excluding hydrogens is 264 g/mol. The number of hydrogen-bond acceptors (Lipinski definition) is 3. The molecule has 92 valence electrons. The summed E-state index contributed by atoms with van der Waals surface area (Å²) in [7, 11) is 0. The molecule has 18 heavy (non-hydrogen) atoms. The van der Waals surface area contributed by atoms with Crippen LogP contribution in [0.25, 0.3) is 0 Å². The Balaban J connectivity index is 2.15. The van der Waals surface area contributed by atoms with E-state index in [0.717, 1.165) is 5.69 Å². The molecule has 0 amide bonds. The van der Waals surface area contributed by atoms with E-state index in [9.17, 15) is 0 Å². The van der Waals surface area contributed by atoms with Gasteiger partial charge in [0.05, 0.1) is 11.3 Å². The normalized spacial score (nSPS) is 10.1. The summed E-state index contributed by atoms with van der Waals surface area (Å²) in [5, 5.41) is 12.9. The van der Waals surface area contributed by atoms with E-state index < -0.39 is 0 Å². The fraction of sp³-hybridized carbons (Fsp3) is 0.214. The van der Waals surface area contributed by atoms with Gasteiger partial charge in [0.15, 0.2) is 0 Å². The summed E-state index contributed by atoms with van der Waals surface area (Å²) in [4.78, 5) is 2.59. The van der Waals surface area contributed by atoms with Crippen LogP contribution in [0.1, 0.15) is 20.9 Å². The van der Waals surface area contributed by atoms with Crippen molar-refractivity contribution in [2.24, 2.45) is 0 Å². The first-order valence-electron chi connectivity index (χ1n) is 5.59. The summed E-state index contributed by atoms with van der Waals surface area (Å²) >= 11 is 7.71. The van der Waals surface area contributed by atoms with Crippen molar-refractivity contribution >= 4 is 28.6 Å². The number of hydrogen-bond donors (Lipinski definition) is 1. The third kappa shape index (κ3) is 2.84. The van der Waals surface area contributed by atoms with Crippen molar-refractivity contribution in [3.63, 3.8) is 0 Å². The molecule has 2 aromatic rings. The summed E-state index contributed by atoms with van der Waals surface area (Å²) in [6.07, 6.45) is 0. The Morgan fingerprint density at radius 3 is 2.72 bits per heavy atom. The van der Waals surface area contributed by atoms with Gasteiger partial charge in [0.1, 0.15) is 6.07 Å². The van der Waals surface area contributed by atoms with Crippen molar-refractivity contribution in [1.82, 2.24) is 0 Å². The van der Waals surface area contributed by atoms with Gasteiger partial charge in [0.25, 0.3) is 0 Å². The van der Waals surface area contributed by atoms with Crippen LogP contribution in [-0.4, -0.2) is 0 Å². The van der Waals surface area contributed by atoms with Crippen molar-refractivity contribution in [2.45, 2.75) is 20.4 Å². The maximum atomic E-state index is 9.02. The smallest absolute Gasteiger partial charge is 0.101 e. The van der Waals surface area contributed by atoms with Gasteiger partial charge in [-0.3, -0.25) is 0 Å². The topological polar surface area (TPSA) is 35.8 Å². The number of aryl methyl sites for hydroxylation is 2. The number of halogens is 1. The highest BCUT2D eigenvalue weighted by atomic mass is 35.5. The van der Waals surface area contributed by atoms with Gasteiger partial charge in [-0.2, -0.15) is 5.26 Å². The zero-order valence-corrected chi connectivity index (χ0v) is 11.8. The maximum absolute atomic E-state index is 9.02. The second-order valence-corrected chi connectivity index (χ2v) is 5.88. The largest absolute Gasteiger partial charge is 0.379 e. The quantitative estimate of drug-likeness (QED) is 0.896. The van der Waals surface area contributed by atoms with Gasteiger partial charge >= 0.3 is 0 Å². The lowest BCUT2D eigenvalue weighted by atomic mass is 10.2. The first-order chi connectivity index (χ1) is 8.60. The molecule has 0 aliphatic heterocycles. The minimum atomic E-state index is 0.615. The van der Waals surface area contributed by atoms with Crippen molar-refractivity contribution in [3.8, 4) is 6.07 Å². The average Bonchev–Trinajstić information content (AvgIpc) is 2.66. The summed E-state index contributed by atoms with van der Waals surface area (Å²) in [6, 6.07) is 9.57. The lowest BCUT2D eigenvalue weighted by molar-refractivity contribution is 1.18. The van der Waals surface area contributed by atoms with Crippen LogP contribution in [-0.2, 0) is 6.54 Å². The Kier molecular flexibility index (Phi) is 3.90. The summed E-state index contributed by atoms with van der Waals surface area (Å²) in [5.74, 6) is 0. The molecule has 2 rings (SSSR count). The van der Waals surface area contributed by atoms with E-state index in [1.54, 1.807) is 29.5 Å². The number of thiophene rings is 1. The second-order valence-electron chi connectivity index (χ2n) is 4.11. The fourth-order valence-electron chi connectivity index (χ4n) is 1.68. The van der Waals surface area contributed by atoms with Gasteiger partial charge in [-0.1, -0.05) is 11.6 Å². The molecule has 0 fully saturated rings. The number of anilines is 1. The predicted octanol–water partition coefficient (Wildman–Crippen LogP) is 4.50. The molecule has 0 aliphatic rings. The molecule has 0 unspecified atom stereocenters. The fourth-order valence-corrected chi connectivity index (χ4v) is 2.84. The molecule has 2 nitrogen and oxygen atoms in total. The van der Waals surface area contributed by atoms with E-state index in [0.29, 0.717) is 17.1 Å². The average molecular weight is 277 g/mol. The number of rotatable bonds is 3. The van der Waals surface area contributed by atoms with Crippen molar-refractivity contribution < 1.29 is 0 Å². The molecule has 1 N–H and O–H groups in total. The van der Waals surface area contributed by atoms with E-state index >= 15 is 0 Å². The molecular formula is C14H13ClN2S. The summed E-state index contributed by atoms with van der Waals surface area (Å²) < 4.78 is 0. The Bertz CT molecular complexity index is 591. The summed E-state index contributed by atoms with van der Waals surface area (Å²) in [5.41, 5.74) is 2.71. The van der Waals surface area contributed by atoms with Crippen LogP contribution in [0, 0.1) is 25.2 Å². The van der Waals surface area contributed by atoms with Crippen molar-refractivity contribution in [1.29, 1.82) is 5.26 Å². The van der Waals surface area contributed by atoms with Gasteiger partial charge in [-0.25, -0.2) is 0 Å². The van der Waals surface area contributed by atoms with Gasteiger partial charge in [0.2, 0.25) is 0 Å². The van der Waals surface area contributed by atoms with Crippen LogP contribution < -0.4 is 5.32 Å². The van der Waals surface area contributed by atoms with Crippen LogP contribution in [0.15, 0.2) is 24.3 Å². The Morgan fingerprint density at radius 1 is 1.33 bits per heavy atom. The number of nitriles is 1. The standard InChI is InChI=1S/C14H13ClN2S/c1-9-5-13(18-10(9)2)8-17-14-6-12(15)4-3-11(14)7-16/h3-6,17H,8H2,1-2H3.